The molecule has 13 heavy (non-hydrogen) atoms. The second-order valence-electron chi connectivity index (χ2n) is 3.13. The van der Waals surface area contributed by atoms with Crippen molar-refractivity contribution in [3.05, 3.63) is 34.1 Å². The number of hydrogen-bond acceptors (Lipinski definition) is 1. The monoisotopic (exact) mass is 197 g/mol. The summed E-state index contributed by atoms with van der Waals surface area (Å²) in [6.07, 6.45) is 0. The molecule has 0 aliphatic rings. The molecule has 1 nitrogen and oxygen atoms in total. The quantitative estimate of drug-likeness (QED) is 0.676. The molecule has 3 heteroatoms. The summed E-state index contributed by atoms with van der Waals surface area (Å²) in [6.45, 7) is 3.93. The topological polar surface area (TPSA) is 23.8 Å². The first-order valence-electron chi connectivity index (χ1n) is 3.95. The highest BCUT2D eigenvalue weighted by molar-refractivity contribution is 6.30. The summed E-state index contributed by atoms with van der Waals surface area (Å²) in [7, 11) is 0. The standard InChI is InChI=1S/C10H9ClFN/c1-6(2)7-3-8(5-13)10(12)9(11)4-7/h3-4,6H,1-2H3. The molecule has 0 atom stereocenters. The van der Waals surface area contributed by atoms with E-state index in [4.69, 9.17) is 16.9 Å². The zero-order valence-electron chi connectivity index (χ0n) is 7.44. The molecule has 0 saturated heterocycles. The van der Waals surface area contributed by atoms with E-state index < -0.39 is 5.82 Å². The first-order valence-corrected chi connectivity index (χ1v) is 4.33. The summed E-state index contributed by atoms with van der Waals surface area (Å²) in [6, 6.07) is 4.86. The van der Waals surface area contributed by atoms with E-state index in [1.807, 2.05) is 13.8 Å². The van der Waals surface area contributed by atoms with Crippen molar-refractivity contribution in [2.75, 3.05) is 0 Å². The lowest BCUT2D eigenvalue weighted by atomic mass is 10.0. The van der Waals surface area contributed by atoms with Crippen LogP contribution in [0.15, 0.2) is 12.1 Å². The minimum atomic E-state index is -0.631. The fourth-order valence-electron chi connectivity index (χ4n) is 1.02. The third-order valence-electron chi connectivity index (χ3n) is 1.84. The van der Waals surface area contributed by atoms with Crippen LogP contribution in [-0.4, -0.2) is 0 Å². The van der Waals surface area contributed by atoms with Crippen molar-refractivity contribution in [2.45, 2.75) is 19.8 Å². The Bertz CT molecular complexity index is 366. The largest absolute Gasteiger partial charge is 0.204 e. The van der Waals surface area contributed by atoms with Crippen molar-refractivity contribution in [3.8, 4) is 6.07 Å². The average molecular weight is 198 g/mol. The van der Waals surface area contributed by atoms with Crippen LogP contribution < -0.4 is 0 Å². The van der Waals surface area contributed by atoms with E-state index in [1.165, 1.54) is 6.07 Å². The van der Waals surface area contributed by atoms with Crippen molar-refractivity contribution < 1.29 is 4.39 Å². The molecule has 1 aromatic rings. The minimum Gasteiger partial charge on any atom is -0.204 e. The first kappa shape index (κ1) is 10.0. The molecule has 1 rings (SSSR count). The summed E-state index contributed by atoms with van der Waals surface area (Å²) >= 11 is 5.62. The highest BCUT2D eigenvalue weighted by Gasteiger charge is 2.10. The Morgan fingerprint density at radius 1 is 1.46 bits per heavy atom. The van der Waals surface area contributed by atoms with Gasteiger partial charge in [0.05, 0.1) is 10.6 Å². The van der Waals surface area contributed by atoms with Crippen molar-refractivity contribution in [1.29, 1.82) is 5.26 Å². The third kappa shape index (κ3) is 1.99. The maximum absolute atomic E-state index is 13.1. The Labute approximate surface area is 81.8 Å². The highest BCUT2D eigenvalue weighted by atomic mass is 35.5. The van der Waals surface area contributed by atoms with Gasteiger partial charge in [-0.3, -0.25) is 0 Å². The van der Waals surface area contributed by atoms with Gasteiger partial charge in [-0.2, -0.15) is 5.26 Å². The van der Waals surface area contributed by atoms with Crippen LogP contribution in [0, 0.1) is 17.1 Å². The molecule has 0 unspecified atom stereocenters. The number of halogens is 2. The van der Waals surface area contributed by atoms with Gasteiger partial charge >= 0.3 is 0 Å². The van der Waals surface area contributed by atoms with Gasteiger partial charge in [-0.05, 0) is 23.6 Å². The van der Waals surface area contributed by atoms with Gasteiger partial charge in [0.25, 0.3) is 0 Å². The van der Waals surface area contributed by atoms with Gasteiger partial charge in [0, 0.05) is 0 Å². The molecular weight excluding hydrogens is 189 g/mol. The summed E-state index contributed by atoms with van der Waals surface area (Å²) in [5.41, 5.74) is 0.888. The first-order chi connectivity index (χ1) is 6.06. The molecule has 0 aromatic heterocycles. The third-order valence-corrected chi connectivity index (χ3v) is 2.11. The van der Waals surface area contributed by atoms with E-state index in [0.717, 1.165) is 5.56 Å². The van der Waals surface area contributed by atoms with Gasteiger partial charge < -0.3 is 0 Å². The lowest BCUT2D eigenvalue weighted by molar-refractivity contribution is 0.622. The molecule has 0 fully saturated rings. The number of hydrogen-bond donors (Lipinski definition) is 0. The normalized spacial score (nSPS) is 10.2. The second-order valence-corrected chi connectivity index (χ2v) is 3.54. The van der Waals surface area contributed by atoms with E-state index in [2.05, 4.69) is 0 Å². The zero-order valence-corrected chi connectivity index (χ0v) is 8.19. The fourth-order valence-corrected chi connectivity index (χ4v) is 1.25. The van der Waals surface area contributed by atoms with Crippen molar-refractivity contribution in [1.82, 2.24) is 0 Å². The summed E-state index contributed by atoms with van der Waals surface area (Å²) in [5.74, 6) is -0.390. The predicted molar refractivity (Wildman–Crippen MR) is 50.2 cm³/mol. The maximum atomic E-state index is 13.1. The minimum absolute atomic E-state index is 0.0104. The molecular formula is C10H9ClFN. The molecule has 0 radical (unpaired) electrons. The molecule has 0 bridgehead atoms. The van der Waals surface area contributed by atoms with Crippen molar-refractivity contribution in [3.63, 3.8) is 0 Å². The molecule has 0 heterocycles. The van der Waals surface area contributed by atoms with Gasteiger partial charge in [-0.1, -0.05) is 25.4 Å². The van der Waals surface area contributed by atoms with Gasteiger partial charge in [-0.15, -0.1) is 0 Å². The smallest absolute Gasteiger partial charge is 0.159 e. The van der Waals surface area contributed by atoms with E-state index in [0.29, 0.717) is 0 Å². The Hall–Kier alpha value is -1.07. The maximum Gasteiger partial charge on any atom is 0.159 e. The lowest BCUT2D eigenvalue weighted by Crippen LogP contribution is -1.92. The number of benzene rings is 1. The number of nitriles is 1. The van der Waals surface area contributed by atoms with Gasteiger partial charge in [0.1, 0.15) is 6.07 Å². The Morgan fingerprint density at radius 3 is 2.54 bits per heavy atom. The second kappa shape index (κ2) is 3.76. The number of rotatable bonds is 1. The van der Waals surface area contributed by atoms with Crippen LogP contribution in [0.4, 0.5) is 4.39 Å². The van der Waals surface area contributed by atoms with Crippen LogP contribution in [0.25, 0.3) is 0 Å². The number of nitrogens with zero attached hydrogens (tertiary/aromatic N) is 1. The van der Waals surface area contributed by atoms with Gasteiger partial charge in [0.15, 0.2) is 5.82 Å². The summed E-state index contributed by atoms with van der Waals surface area (Å²) < 4.78 is 13.1. The molecule has 68 valence electrons. The van der Waals surface area contributed by atoms with Crippen LogP contribution in [0.1, 0.15) is 30.9 Å². The molecule has 0 amide bonds. The fraction of sp³-hybridized carbons (Fsp3) is 0.300. The molecule has 0 N–H and O–H groups in total. The summed E-state index contributed by atoms with van der Waals surface area (Å²) in [4.78, 5) is 0. The zero-order chi connectivity index (χ0) is 10.0. The Balaban J connectivity index is 3.32. The molecule has 0 aliphatic carbocycles. The van der Waals surface area contributed by atoms with Gasteiger partial charge in [0.2, 0.25) is 0 Å². The molecule has 0 saturated carbocycles. The highest BCUT2D eigenvalue weighted by Crippen LogP contribution is 2.24. The van der Waals surface area contributed by atoms with Crippen LogP contribution in [-0.2, 0) is 0 Å². The molecule has 0 spiro atoms. The van der Waals surface area contributed by atoms with E-state index in [9.17, 15) is 4.39 Å². The molecule has 1 aromatic carbocycles. The SMILES string of the molecule is CC(C)c1cc(Cl)c(F)c(C#N)c1. The molecule has 0 aliphatic heterocycles. The average Bonchev–Trinajstić information content (AvgIpc) is 2.09. The van der Waals surface area contributed by atoms with E-state index in [1.54, 1.807) is 12.1 Å². The van der Waals surface area contributed by atoms with Crippen LogP contribution >= 0.6 is 11.6 Å². The predicted octanol–water partition coefficient (Wildman–Crippen LogP) is 3.47. The van der Waals surface area contributed by atoms with Gasteiger partial charge in [-0.25, -0.2) is 4.39 Å². The Kier molecular flexibility index (Phi) is 2.90. The van der Waals surface area contributed by atoms with E-state index >= 15 is 0 Å². The van der Waals surface area contributed by atoms with Crippen LogP contribution in [0.5, 0.6) is 0 Å². The van der Waals surface area contributed by atoms with Crippen LogP contribution in [0.2, 0.25) is 5.02 Å². The van der Waals surface area contributed by atoms with Crippen LogP contribution in [0.3, 0.4) is 0 Å². The Morgan fingerprint density at radius 2 is 2.08 bits per heavy atom. The lowest BCUT2D eigenvalue weighted by Gasteiger charge is -2.06. The van der Waals surface area contributed by atoms with Crippen molar-refractivity contribution >= 4 is 11.6 Å². The summed E-state index contributed by atoms with van der Waals surface area (Å²) in [5, 5.41) is 8.62. The van der Waals surface area contributed by atoms with Crippen molar-refractivity contribution in [2.24, 2.45) is 0 Å². The van der Waals surface area contributed by atoms with E-state index in [-0.39, 0.29) is 16.5 Å².